The number of primary amides is 1. The summed E-state index contributed by atoms with van der Waals surface area (Å²) < 4.78 is 0. The highest BCUT2D eigenvalue weighted by atomic mass is 16.6. The molecule has 4 N–H and O–H groups in total. The van der Waals surface area contributed by atoms with Crippen LogP contribution in [0.2, 0.25) is 0 Å². The van der Waals surface area contributed by atoms with Crippen molar-refractivity contribution in [3.63, 3.8) is 0 Å². The molecule has 2 unspecified atom stereocenters. The molecule has 1 aliphatic rings. The van der Waals surface area contributed by atoms with Crippen LogP contribution in [0.1, 0.15) is 47.7 Å². The van der Waals surface area contributed by atoms with Crippen LogP contribution in [-0.2, 0) is 15.2 Å². The van der Waals surface area contributed by atoms with Crippen molar-refractivity contribution in [1.29, 1.82) is 0 Å². The van der Waals surface area contributed by atoms with Gasteiger partial charge in [-0.2, -0.15) is 0 Å². The second-order valence-corrected chi connectivity index (χ2v) is 6.52. The zero-order valence-electron chi connectivity index (χ0n) is 15.1. The first-order chi connectivity index (χ1) is 13.0. The number of Topliss-reactive ketones (excluding diaryl/α,β-unsaturated/α-hetero) is 1. The van der Waals surface area contributed by atoms with Crippen LogP contribution in [0.4, 0.5) is 0 Å². The van der Waals surface area contributed by atoms with E-state index in [1.54, 1.807) is 48.8 Å². The predicted molar refractivity (Wildman–Crippen MR) is 101 cm³/mol. The second kappa shape index (κ2) is 7.67. The van der Waals surface area contributed by atoms with Gasteiger partial charge in [0.15, 0.2) is 5.78 Å². The van der Waals surface area contributed by atoms with Gasteiger partial charge in [0.25, 0.3) is 0 Å². The van der Waals surface area contributed by atoms with Gasteiger partial charge < -0.3 is 16.3 Å². The number of rotatable bonds is 7. The molecule has 1 aromatic carbocycles. The van der Waals surface area contributed by atoms with Gasteiger partial charge >= 0.3 is 0 Å². The number of hydrogen-bond acceptors (Lipinski definition) is 6. The van der Waals surface area contributed by atoms with E-state index in [-0.39, 0.29) is 11.3 Å². The number of pyridine rings is 1. The van der Waals surface area contributed by atoms with Gasteiger partial charge in [-0.1, -0.05) is 36.7 Å². The molecule has 2 heterocycles. The molecule has 0 radical (unpaired) electrons. The molecule has 0 saturated heterocycles. The van der Waals surface area contributed by atoms with Gasteiger partial charge in [-0.25, -0.2) is 0 Å². The first kappa shape index (κ1) is 18.7. The molecule has 140 valence electrons. The van der Waals surface area contributed by atoms with Gasteiger partial charge in [0.05, 0.1) is 0 Å². The van der Waals surface area contributed by atoms with E-state index in [0.29, 0.717) is 29.7 Å². The Balaban J connectivity index is 2.15. The highest BCUT2D eigenvalue weighted by Gasteiger charge is 2.53. The van der Waals surface area contributed by atoms with Gasteiger partial charge in [-0.15, -0.1) is 0 Å². The predicted octanol–water partition coefficient (Wildman–Crippen LogP) is 1.90. The van der Waals surface area contributed by atoms with Crippen molar-refractivity contribution in [3.8, 4) is 0 Å². The first-order valence-electron chi connectivity index (χ1n) is 8.85. The normalized spacial score (nSPS) is 21.4. The van der Waals surface area contributed by atoms with E-state index in [1.165, 1.54) is 0 Å². The third-order valence-corrected chi connectivity index (χ3v) is 4.70. The van der Waals surface area contributed by atoms with Gasteiger partial charge in [-0.05, 0) is 30.2 Å². The van der Waals surface area contributed by atoms with Crippen LogP contribution in [0, 0.1) is 0 Å². The smallest absolute Gasteiger partial charge is 0.249 e. The molecular formula is C20H22N4O3. The monoisotopic (exact) mass is 366 g/mol. The second-order valence-electron chi connectivity index (χ2n) is 6.52. The minimum Gasteiger partial charge on any atom is -0.381 e. The number of amides is 1. The number of nitrogens with zero attached hydrogens (tertiary/aromatic N) is 2. The summed E-state index contributed by atoms with van der Waals surface area (Å²) in [6.07, 6.45) is 4.07. The molecule has 2 aromatic rings. The number of oxime groups is 1. The highest BCUT2D eigenvalue weighted by Crippen LogP contribution is 2.37. The average molecular weight is 366 g/mol. The lowest BCUT2D eigenvalue weighted by Crippen LogP contribution is -2.55. The fourth-order valence-electron chi connectivity index (χ4n) is 3.30. The Morgan fingerprint density at radius 1 is 1.22 bits per heavy atom. The van der Waals surface area contributed by atoms with E-state index in [2.05, 4.69) is 10.1 Å². The summed E-state index contributed by atoms with van der Waals surface area (Å²) in [5.41, 5.74) is 12.5. The molecule has 7 nitrogen and oxygen atoms in total. The average Bonchev–Trinajstić information content (AvgIpc) is 3.05. The molecule has 1 aliphatic heterocycles. The van der Waals surface area contributed by atoms with Crippen LogP contribution < -0.4 is 11.5 Å². The van der Waals surface area contributed by atoms with E-state index in [4.69, 9.17) is 16.3 Å². The standard InChI is InChI=1S/C20H22N4O3/c1-2-3-10-16(25)18-20(22,15-9-5-4-8-14(15)19(21)26)17(24-27-18)13-7-6-11-23-12-13/h4-9,11-12,18H,2-3,10,22H2,1H3,(H2,21,26). The molecule has 0 fully saturated rings. The maximum Gasteiger partial charge on any atom is 0.249 e. The first-order valence-corrected chi connectivity index (χ1v) is 8.85. The Morgan fingerprint density at radius 3 is 2.67 bits per heavy atom. The van der Waals surface area contributed by atoms with Crippen molar-refractivity contribution < 1.29 is 14.4 Å². The summed E-state index contributed by atoms with van der Waals surface area (Å²) in [6.45, 7) is 2.00. The molecule has 0 saturated carbocycles. The third kappa shape index (κ3) is 3.33. The maximum atomic E-state index is 12.8. The number of nitrogens with two attached hydrogens (primary N) is 2. The minimum absolute atomic E-state index is 0.165. The lowest BCUT2D eigenvalue weighted by molar-refractivity contribution is -0.131. The highest BCUT2D eigenvalue weighted by molar-refractivity contribution is 6.13. The molecule has 3 rings (SSSR count). The summed E-state index contributed by atoms with van der Waals surface area (Å²) in [5.74, 6) is -0.797. The van der Waals surface area contributed by atoms with Crippen LogP contribution in [0.3, 0.4) is 0 Å². The number of unbranched alkanes of at least 4 members (excludes halogenated alkanes) is 1. The van der Waals surface area contributed by atoms with Crippen LogP contribution >= 0.6 is 0 Å². The van der Waals surface area contributed by atoms with E-state index in [9.17, 15) is 9.59 Å². The number of carbonyl (C=O) groups is 2. The van der Waals surface area contributed by atoms with Crippen molar-refractivity contribution in [3.05, 3.63) is 65.5 Å². The van der Waals surface area contributed by atoms with Crippen LogP contribution in [-0.4, -0.2) is 28.5 Å². The summed E-state index contributed by atoms with van der Waals surface area (Å²) in [6, 6.07) is 10.2. The lowest BCUT2D eigenvalue weighted by atomic mass is 9.75. The van der Waals surface area contributed by atoms with E-state index in [0.717, 1.165) is 6.42 Å². The summed E-state index contributed by atoms with van der Waals surface area (Å²) in [5, 5.41) is 4.13. The summed E-state index contributed by atoms with van der Waals surface area (Å²) >= 11 is 0. The fraction of sp³-hybridized carbons (Fsp3) is 0.300. The largest absolute Gasteiger partial charge is 0.381 e. The Morgan fingerprint density at radius 2 is 2.00 bits per heavy atom. The van der Waals surface area contributed by atoms with E-state index < -0.39 is 17.6 Å². The molecule has 7 heteroatoms. The molecule has 1 amide bonds. The molecule has 2 atom stereocenters. The number of carbonyl (C=O) groups excluding carboxylic acids is 2. The van der Waals surface area contributed by atoms with Crippen LogP contribution in [0.5, 0.6) is 0 Å². The van der Waals surface area contributed by atoms with Gasteiger partial charge in [-0.3, -0.25) is 14.6 Å². The zero-order valence-corrected chi connectivity index (χ0v) is 15.1. The summed E-state index contributed by atoms with van der Waals surface area (Å²) in [7, 11) is 0. The van der Waals surface area contributed by atoms with Crippen molar-refractivity contribution in [1.82, 2.24) is 4.98 Å². The number of aromatic nitrogens is 1. The van der Waals surface area contributed by atoms with Crippen molar-refractivity contribution >= 4 is 17.4 Å². The van der Waals surface area contributed by atoms with Gasteiger partial charge in [0.1, 0.15) is 11.3 Å². The van der Waals surface area contributed by atoms with Crippen molar-refractivity contribution in [2.75, 3.05) is 0 Å². The molecule has 0 spiro atoms. The SMILES string of the molecule is CCCCC(=O)C1ON=C(c2cccnc2)C1(N)c1ccccc1C(N)=O. The Labute approximate surface area is 157 Å². The number of hydrogen-bond donors (Lipinski definition) is 2. The third-order valence-electron chi connectivity index (χ3n) is 4.70. The van der Waals surface area contributed by atoms with Gasteiger partial charge in [0.2, 0.25) is 12.0 Å². The van der Waals surface area contributed by atoms with Crippen molar-refractivity contribution in [2.24, 2.45) is 16.6 Å². The molecule has 0 bridgehead atoms. The number of ketones is 1. The van der Waals surface area contributed by atoms with Crippen molar-refractivity contribution in [2.45, 2.75) is 37.8 Å². The van der Waals surface area contributed by atoms with Gasteiger partial charge in [0, 0.05) is 29.9 Å². The lowest BCUT2D eigenvalue weighted by Gasteiger charge is -2.31. The Kier molecular flexibility index (Phi) is 5.32. The molecule has 0 aliphatic carbocycles. The fourth-order valence-corrected chi connectivity index (χ4v) is 3.30. The Hall–Kier alpha value is -3.06. The summed E-state index contributed by atoms with van der Waals surface area (Å²) in [4.78, 5) is 34.5. The maximum absolute atomic E-state index is 12.8. The molecule has 1 aromatic heterocycles. The molecule has 27 heavy (non-hydrogen) atoms. The Bertz CT molecular complexity index is 882. The van der Waals surface area contributed by atoms with E-state index in [1.807, 2.05) is 6.92 Å². The van der Waals surface area contributed by atoms with Crippen LogP contribution in [0.15, 0.2) is 53.9 Å². The minimum atomic E-state index is -1.44. The van der Waals surface area contributed by atoms with E-state index >= 15 is 0 Å². The zero-order chi connectivity index (χ0) is 19.4. The molecular weight excluding hydrogens is 344 g/mol. The quantitative estimate of drug-likeness (QED) is 0.775. The van der Waals surface area contributed by atoms with Crippen LogP contribution in [0.25, 0.3) is 0 Å². The topological polar surface area (TPSA) is 121 Å². The number of benzene rings is 1.